The fraction of sp³-hybridized carbons (Fsp3) is 0.0698. The first kappa shape index (κ1) is 25.1. The van der Waals surface area contributed by atoms with E-state index in [-0.39, 0.29) is 5.41 Å². The zero-order chi connectivity index (χ0) is 29.4. The highest BCUT2D eigenvalue weighted by Gasteiger charge is 2.39. The Morgan fingerprint density at radius 3 is 1.95 bits per heavy atom. The highest BCUT2D eigenvalue weighted by Crippen LogP contribution is 2.54. The molecule has 1 aromatic heterocycles. The molecule has 1 nitrogen and oxygen atoms in total. The molecular weight excluding hydrogens is 530 g/mol. The van der Waals surface area contributed by atoms with Gasteiger partial charge in [0.2, 0.25) is 0 Å². The Bertz CT molecular complexity index is 2390. The minimum absolute atomic E-state index is 0.108. The molecule has 7 aromatic carbocycles. The minimum atomic E-state index is -0.108. The molecule has 0 bridgehead atoms. The van der Waals surface area contributed by atoms with E-state index in [4.69, 9.17) is 0 Å². The molecule has 0 spiro atoms. The van der Waals surface area contributed by atoms with Gasteiger partial charge in [-0.1, -0.05) is 147 Å². The first-order chi connectivity index (χ1) is 21.6. The van der Waals surface area contributed by atoms with E-state index in [9.17, 15) is 0 Å². The van der Waals surface area contributed by atoms with Crippen LogP contribution >= 0.6 is 0 Å². The number of rotatable bonds is 3. The van der Waals surface area contributed by atoms with E-state index in [1.54, 1.807) is 0 Å². The van der Waals surface area contributed by atoms with Gasteiger partial charge in [-0.25, -0.2) is 0 Å². The van der Waals surface area contributed by atoms with E-state index < -0.39 is 0 Å². The van der Waals surface area contributed by atoms with Gasteiger partial charge in [0.05, 0.1) is 11.0 Å². The van der Waals surface area contributed by atoms with Gasteiger partial charge in [0.25, 0.3) is 0 Å². The molecule has 0 unspecified atom stereocenters. The van der Waals surface area contributed by atoms with Gasteiger partial charge in [-0.2, -0.15) is 0 Å². The van der Waals surface area contributed by atoms with E-state index in [0.29, 0.717) is 0 Å². The number of aromatic nitrogens is 1. The zero-order valence-electron chi connectivity index (χ0n) is 24.9. The van der Waals surface area contributed by atoms with E-state index in [1.165, 1.54) is 82.8 Å². The second kappa shape index (κ2) is 9.30. The number of benzene rings is 7. The maximum absolute atomic E-state index is 2.51. The number of fused-ring (bicyclic) bond motifs is 9. The van der Waals surface area contributed by atoms with Crippen molar-refractivity contribution in [3.8, 4) is 39.1 Å². The summed E-state index contributed by atoms with van der Waals surface area (Å²) in [5.74, 6) is 0. The Morgan fingerprint density at radius 2 is 1.14 bits per heavy atom. The molecule has 1 heterocycles. The number of para-hydroxylation sites is 1. The maximum atomic E-state index is 2.51. The highest BCUT2D eigenvalue weighted by atomic mass is 15.0. The second-order valence-corrected chi connectivity index (χ2v) is 12.6. The molecule has 0 radical (unpaired) electrons. The Hall–Kier alpha value is -5.40. The van der Waals surface area contributed by atoms with Crippen molar-refractivity contribution in [2.75, 3.05) is 0 Å². The summed E-state index contributed by atoms with van der Waals surface area (Å²) in [7, 11) is 0. The molecule has 0 aliphatic heterocycles. The van der Waals surface area contributed by atoms with Gasteiger partial charge in [-0.3, -0.25) is 0 Å². The summed E-state index contributed by atoms with van der Waals surface area (Å²) in [4.78, 5) is 0. The van der Waals surface area contributed by atoms with E-state index in [1.807, 2.05) is 0 Å². The summed E-state index contributed by atoms with van der Waals surface area (Å²) >= 11 is 0. The van der Waals surface area contributed by atoms with Gasteiger partial charge in [-0.15, -0.1) is 0 Å². The third-order valence-corrected chi connectivity index (χ3v) is 9.76. The van der Waals surface area contributed by atoms with E-state index in [2.05, 4.69) is 170 Å². The van der Waals surface area contributed by atoms with Crippen molar-refractivity contribution in [3.05, 3.63) is 163 Å². The molecule has 0 amide bonds. The van der Waals surface area contributed by atoms with Crippen LogP contribution in [0.15, 0.2) is 152 Å². The van der Waals surface area contributed by atoms with Crippen LogP contribution in [-0.2, 0) is 5.41 Å². The largest absolute Gasteiger partial charge is 0.309 e. The molecular formula is C43H31N. The van der Waals surface area contributed by atoms with Crippen molar-refractivity contribution in [1.29, 1.82) is 0 Å². The molecule has 1 heteroatoms. The lowest BCUT2D eigenvalue weighted by molar-refractivity contribution is 0.666. The van der Waals surface area contributed by atoms with Gasteiger partial charge in [0, 0.05) is 27.4 Å². The fourth-order valence-electron chi connectivity index (χ4n) is 7.72. The van der Waals surface area contributed by atoms with Crippen LogP contribution < -0.4 is 0 Å². The Balaban J connectivity index is 1.29. The van der Waals surface area contributed by atoms with Gasteiger partial charge in [0.15, 0.2) is 0 Å². The molecule has 0 saturated carbocycles. The molecule has 208 valence electrons. The molecule has 0 atom stereocenters. The van der Waals surface area contributed by atoms with Crippen LogP contribution in [0.2, 0.25) is 0 Å². The Kier molecular flexibility index (Phi) is 5.31. The normalized spacial score (nSPS) is 13.4. The summed E-state index contributed by atoms with van der Waals surface area (Å²) < 4.78 is 2.51. The first-order valence-electron chi connectivity index (χ1n) is 15.5. The molecule has 0 N–H and O–H groups in total. The van der Waals surface area contributed by atoms with Gasteiger partial charge < -0.3 is 4.57 Å². The monoisotopic (exact) mass is 561 g/mol. The van der Waals surface area contributed by atoms with Crippen LogP contribution in [0, 0.1) is 0 Å². The predicted octanol–water partition coefficient (Wildman–Crippen LogP) is 11.6. The zero-order valence-corrected chi connectivity index (χ0v) is 24.9. The van der Waals surface area contributed by atoms with Gasteiger partial charge in [-0.05, 0) is 67.9 Å². The molecule has 8 aromatic rings. The van der Waals surface area contributed by atoms with Gasteiger partial charge >= 0.3 is 0 Å². The maximum Gasteiger partial charge on any atom is 0.0622 e. The van der Waals surface area contributed by atoms with Crippen molar-refractivity contribution in [2.45, 2.75) is 19.3 Å². The second-order valence-electron chi connectivity index (χ2n) is 12.6. The van der Waals surface area contributed by atoms with E-state index >= 15 is 0 Å². The van der Waals surface area contributed by atoms with Crippen LogP contribution in [0.4, 0.5) is 0 Å². The SMILES string of the molecule is CC1(C)c2ccc3c4ccccc4n(-c4cccc(-c5ccc(-c6ccccc6)cc5)c4)c3c2-c2ccc3ccccc3c21. The molecule has 0 saturated heterocycles. The summed E-state index contributed by atoms with van der Waals surface area (Å²) in [6.45, 7) is 4.78. The lowest BCUT2D eigenvalue weighted by Gasteiger charge is -2.23. The fourth-order valence-corrected chi connectivity index (χ4v) is 7.72. The standard InChI is InChI=1S/C43H31N/c1-43(2)38-26-25-36-35-17-8-9-18-39(35)44(42(36)40(38)37-24-23-31-13-6-7-16-34(31)41(37)43)33-15-10-14-32(27-33)30-21-19-29(20-22-30)28-11-4-3-5-12-28/h3-27H,1-2H3. The molecule has 1 aliphatic carbocycles. The Morgan fingerprint density at radius 1 is 0.477 bits per heavy atom. The first-order valence-corrected chi connectivity index (χ1v) is 15.5. The molecule has 9 rings (SSSR count). The molecule has 0 fully saturated rings. The van der Waals surface area contributed by atoms with Crippen molar-refractivity contribution < 1.29 is 0 Å². The van der Waals surface area contributed by atoms with Crippen molar-refractivity contribution in [3.63, 3.8) is 0 Å². The van der Waals surface area contributed by atoms with Crippen molar-refractivity contribution in [2.24, 2.45) is 0 Å². The molecule has 44 heavy (non-hydrogen) atoms. The third kappa shape index (κ3) is 3.53. The smallest absolute Gasteiger partial charge is 0.0622 e. The van der Waals surface area contributed by atoms with Crippen molar-refractivity contribution >= 4 is 32.6 Å². The van der Waals surface area contributed by atoms with Crippen LogP contribution in [0.5, 0.6) is 0 Å². The molecule has 1 aliphatic rings. The topological polar surface area (TPSA) is 4.93 Å². The number of nitrogens with zero attached hydrogens (tertiary/aromatic N) is 1. The summed E-state index contributed by atoms with van der Waals surface area (Å²) in [6.07, 6.45) is 0. The average Bonchev–Trinajstić information content (AvgIpc) is 3.54. The lowest BCUT2D eigenvalue weighted by Crippen LogP contribution is -2.15. The average molecular weight is 562 g/mol. The van der Waals surface area contributed by atoms with Crippen LogP contribution in [0.3, 0.4) is 0 Å². The summed E-state index contributed by atoms with van der Waals surface area (Å²) in [5, 5.41) is 5.24. The van der Waals surface area contributed by atoms with Crippen molar-refractivity contribution in [1.82, 2.24) is 4.57 Å². The summed E-state index contributed by atoms with van der Waals surface area (Å²) in [6, 6.07) is 55.7. The van der Waals surface area contributed by atoms with Crippen LogP contribution in [-0.4, -0.2) is 4.57 Å². The van der Waals surface area contributed by atoms with Gasteiger partial charge in [0.1, 0.15) is 0 Å². The quantitative estimate of drug-likeness (QED) is 0.202. The Labute approximate surface area is 257 Å². The summed E-state index contributed by atoms with van der Waals surface area (Å²) in [5.41, 5.74) is 14.1. The minimum Gasteiger partial charge on any atom is -0.309 e. The number of hydrogen-bond acceptors (Lipinski definition) is 0. The highest BCUT2D eigenvalue weighted by molar-refractivity contribution is 6.16. The lowest BCUT2D eigenvalue weighted by atomic mass is 9.80. The van der Waals surface area contributed by atoms with Crippen LogP contribution in [0.25, 0.3) is 71.6 Å². The predicted molar refractivity (Wildman–Crippen MR) is 187 cm³/mol. The number of hydrogen-bond donors (Lipinski definition) is 0. The van der Waals surface area contributed by atoms with E-state index in [0.717, 1.165) is 0 Å². The van der Waals surface area contributed by atoms with Crippen LogP contribution in [0.1, 0.15) is 25.0 Å². The third-order valence-electron chi connectivity index (χ3n) is 9.76.